The molecule has 0 bridgehead atoms. The van der Waals surface area contributed by atoms with Crippen molar-refractivity contribution < 1.29 is 27.8 Å². The number of nitrogens with one attached hydrogen (secondary N) is 1. The van der Waals surface area contributed by atoms with E-state index in [4.69, 9.17) is 4.74 Å². The Kier molecular flexibility index (Phi) is 9.04. The van der Waals surface area contributed by atoms with E-state index in [1.807, 2.05) is 43.3 Å². The fourth-order valence-corrected chi connectivity index (χ4v) is 4.67. The summed E-state index contributed by atoms with van der Waals surface area (Å²) in [5, 5.41) is 18.7. The van der Waals surface area contributed by atoms with E-state index in [2.05, 4.69) is 10.4 Å². The summed E-state index contributed by atoms with van der Waals surface area (Å²) in [6.45, 7) is 6.41. The Morgan fingerprint density at radius 3 is 2.49 bits per heavy atom. The highest BCUT2D eigenvalue weighted by molar-refractivity contribution is 5.94. The second-order valence-corrected chi connectivity index (χ2v) is 10.5. The Bertz CT molecular complexity index is 1490. The van der Waals surface area contributed by atoms with E-state index in [1.54, 1.807) is 66.9 Å². The van der Waals surface area contributed by atoms with Crippen LogP contribution >= 0.6 is 0 Å². The predicted octanol–water partition coefficient (Wildman–Crippen LogP) is 6.13. The number of halogens is 3. The molecule has 4 rings (SSSR count). The highest BCUT2D eigenvalue weighted by atomic mass is 19.4. The van der Waals surface area contributed by atoms with Crippen LogP contribution in [0.1, 0.15) is 42.3 Å². The first-order valence-electron chi connectivity index (χ1n) is 13.5. The number of esters is 1. The zero-order valence-electron chi connectivity index (χ0n) is 23.6. The van der Waals surface area contributed by atoms with E-state index in [0.717, 1.165) is 11.1 Å². The number of aryl methyl sites for hydroxylation is 1. The number of ether oxygens (including phenoxy) is 1. The molecule has 0 saturated carbocycles. The number of benzene rings is 3. The van der Waals surface area contributed by atoms with Crippen LogP contribution < -0.4 is 5.32 Å². The molecule has 0 amide bonds. The van der Waals surface area contributed by atoms with Crippen LogP contribution in [0.25, 0.3) is 16.6 Å². The molecule has 1 aromatic heterocycles. The molecular formula is C31H35F3N4O3. The molecule has 1 atom stereocenters. The Morgan fingerprint density at radius 2 is 1.83 bits per heavy atom. The highest BCUT2D eigenvalue weighted by Crippen LogP contribution is 2.34. The molecule has 3 aromatic carbocycles. The molecule has 41 heavy (non-hydrogen) atoms. The second-order valence-electron chi connectivity index (χ2n) is 10.5. The predicted molar refractivity (Wildman–Crippen MR) is 153 cm³/mol. The quantitative estimate of drug-likeness (QED) is 0.212. The largest absolute Gasteiger partial charge is 0.457 e. The van der Waals surface area contributed by atoms with Gasteiger partial charge in [0, 0.05) is 23.7 Å². The molecule has 0 aliphatic heterocycles. The minimum Gasteiger partial charge on any atom is -0.457 e. The maximum Gasteiger partial charge on any atom is 0.420 e. The monoisotopic (exact) mass is 568 g/mol. The van der Waals surface area contributed by atoms with Crippen LogP contribution in [0.3, 0.4) is 0 Å². The lowest BCUT2D eigenvalue weighted by atomic mass is 10.0. The number of aliphatic hydroxyl groups is 1. The molecular weight excluding hydrogens is 533 g/mol. The summed E-state index contributed by atoms with van der Waals surface area (Å²) in [6, 6.07) is 19.6. The van der Waals surface area contributed by atoms with E-state index in [1.165, 1.54) is 0 Å². The van der Waals surface area contributed by atoms with Crippen LogP contribution in [0.4, 0.5) is 18.9 Å². The lowest BCUT2D eigenvalue weighted by molar-refractivity contribution is -0.260. The van der Waals surface area contributed by atoms with Crippen LogP contribution in [0.5, 0.6) is 0 Å². The number of carbonyl (C=O) groups excluding carboxylic acids is 1. The van der Waals surface area contributed by atoms with Gasteiger partial charge in [-0.1, -0.05) is 43.3 Å². The zero-order valence-corrected chi connectivity index (χ0v) is 23.6. The van der Waals surface area contributed by atoms with Gasteiger partial charge in [-0.3, -0.25) is 4.90 Å². The Labute approximate surface area is 237 Å². The van der Waals surface area contributed by atoms with Crippen LogP contribution in [0, 0.1) is 6.92 Å². The molecule has 0 aliphatic rings. The van der Waals surface area contributed by atoms with Gasteiger partial charge in [0.15, 0.2) is 5.60 Å². The minimum atomic E-state index is -4.84. The fraction of sp³-hybridized carbons (Fsp3) is 0.355. The van der Waals surface area contributed by atoms with Crippen molar-refractivity contribution in [3.63, 3.8) is 0 Å². The summed E-state index contributed by atoms with van der Waals surface area (Å²) in [6.07, 6.45) is -3.29. The van der Waals surface area contributed by atoms with E-state index < -0.39 is 30.8 Å². The molecule has 0 saturated heterocycles. The molecule has 1 heterocycles. The molecule has 7 nitrogen and oxygen atoms in total. The molecule has 10 heteroatoms. The Morgan fingerprint density at radius 1 is 1.10 bits per heavy atom. The second kappa shape index (κ2) is 12.3. The molecule has 1 unspecified atom stereocenters. The number of aromatic nitrogens is 2. The first kappa shape index (κ1) is 30.1. The summed E-state index contributed by atoms with van der Waals surface area (Å²) in [5.74, 6) is -0.486. The smallest absolute Gasteiger partial charge is 0.420 e. The van der Waals surface area contributed by atoms with Crippen molar-refractivity contribution in [2.24, 2.45) is 0 Å². The standard InChI is InChI=1S/C31H35F3N4O3/c1-5-37(21(2)3)20-30(40,31(32,33)34)19-35-27-14-22(4)15-28-26(27)17-36-38(28)25-13-9-12-24(16-25)29(39)41-18-23-10-7-6-8-11-23/h6-17,21,35,40H,5,18-20H2,1-4H3. The summed E-state index contributed by atoms with van der Waals surface area (Å²) >= 11 is 0. The summed E-state index contributed by atoms with van der Waals surface area (Å²) in [5.41, 5.74) is 0.674. The van der Waals surface area contributed by atoms with Gasteiger partial charge in [0.25, 0.3) is 0 Å². The lowest BCUT2D eigenvalue weighted by Gasteiger charge is -2.37. The van der Waals surface area contributed by atoms with Gasteiger partial charge in [0.2, 0.25) is 0 Å². The van der Waals surface area contributed by atoms with Crippen LogP contribution in [-0.2, 0) is 11.3 Å². The van der Waals surface area contributed by atoms with Crippen LogP contribution in [0.2, 0.25) is 0 Å². The molecule has 218 valence electrons. The third-order valence-corrected chi connectivity index (χ3v) is 7.07. The molecule has 2 N–H and O–H groups in total. The third kappa shape index (κ3) is 6.89. The molecule has 0 aliphatic carbocycles. The van der Waals surface area contributed by atoms with Crippen molar-refractivity contribution in [3.05, 3.63) is 89.6 Å². The van der Waals surface area contributed by atoms with Gasteiger partial charge in [-0.25, -0.2) is 9.48 Å². The first-order chi connectivity index (χ1) is 19.4. The highest BCUT2D eigenvalue weighted by Gasteiger charge is 2.54. The average molecular weight is 569 g/mol. The zero-order chi connectivity index (χ0) is 29.8. The molecule has 4 aromatic rings. The molecule has 0 radical (unpaired) electrons. The van der Waals surface area contributed by atoms with Crippen molar-refractivity contribution in [2.75, 3.05) is 25.0 Å². The summed E-state index contributed by atoms with van der Waals surface area (Å²) in [4.78, 5) is 14.3. The maximum absolute atomic E-state index is 14.1. The van der Waals surface area contributed by atoms with Gasteiger partial charge in [-0.15, -0.1) is 0 Å². The van der Waals surface area contributed by atoms with Gasteiger partial charge in [-0.05, 0) is 68.8 Å². The van der Waals surface area contributed by atoms with E-state index in [-0.39, 0.29) is 12.6 Å². The van der Waals surface area contributed by atoms with Crippen molar-refractivity contribution in [3.8, 4) is 5.69 Å². The van der Waals surface area contributed by atoms with E-state index in [9.17, 15) is 23.1 Å². The minimum absolute atomic E-state index is 0.139. The van der Waals surface area contributed by atoms with Crippen molar-refractivity contribution in [2.45, 2.75) is 52.1 Å². The lowest BCUT2D eigenvalue weighted by Crippen LogP contribution is -2.58. The summed E-state index contributed by atoms with van der Waals surface area (Å²) in [7, 11) is 0. The SMILES string of the molecule is CCN(CC(O)(CNc1cc(C)cc2c1cnn2-c1cccc(C(=O)OCc2ccccc2)c1)C(F)(F)F)C(C)C. The normalized spacial score (nSPS) is 13.5. The van der Waals surface area contributed by atoms with Crippen molar-refractivity contribution in [1.82, 2.24) is 14.7 Å². The third-order valence-electron chi connectivity index (χ3n) is 7.07. The molecule has 0 spiro atoms. The number of likely N-dealkylation sites (N-methyl/N-ethyl adjacent to an activating group) is 1. The average Bonchev–Trinajstić information content (AvgIpc) is 3.37. The number of fused-ring (bicyclic) bond motifs is 1. The fourth-order valence-electron chi connectivity index (χ4n) is 4.67. The van der Waals surface area contributed by atoms with E-state index in [0.29, 0.717) is 34.4 Å². The Hall–Kier alpha value is -3.89. The molecule has 0 fully saturated rings. The van der Waals surface area contributed by atoms with Gasteiger partial charge in [0.05, 0.1) is 29.5 Å². The maximum atomic E-state index is 14.1. The van der Waals surface area contributed by atoms with Gasteiger partial charge < -0.3 is 15.2 Å². The number of rotatable bonds is 11. The van der Waals surface area contributed by atoms with Gasteiger partial charge in [0.1, 0.15) is 6.61 Å². The van der Waals surface area contributed by atoms with E-state index >= 15 is 0 Å². The van der Waals surface area contributed by atoms with Gasteiger partial charge >= 0.3 is 12.1 Å². The number of carbonyl (C=O) groups is 1. The number of nitrogens with zero attached hydrogens (tertiary/aromatic N) is 3. The number of alkyl halides is 3. The Balaban J connectivity index is 1.59. The summed E-state index contributed by atoms with van der Waals surface area (Å²) < 4.78 is 49.3. The van der Waals surface area contributed by atoms with Crippen LogP contribution in [-0.4, -0.2) is 63.2 Å². The van der Waals surface area contributed by atoms with Gasteiger partial charge in [-0.2, -0.15) is 18.3 Å². The number of anilines is 1. The van der Waals surface area contributed by atoms with Crippen LogP contribution in [0.15, 0.2) is 72.9 Å². The first-order valence-corrected chi connectivity index (χ1v) is 13.5. The topological polar surface area (TPSA) is 79.6 Å². The van der Waals surface area contributed by atoms with Crippen molar-refractivity contribution >= 4 is 22.6 Å². The van der Waals surface area contributed by atoms with Crippen molar-refractivity contribution in [1.29, 1.82) is 0 Å². The number of hydrogen-bond donors (Lipinski definition) is 2. The number of hydrogen-bond acceptors (Lipinski definition) is 6.